The molecule has 6 heteroatoms. The van der Waals surface area contributed by atoms with E-state index >= 15 is 0 Å². The lowest BCUT2D eigenvalue weighted by molar-refractivity contribution is -0.153. The van der Waals surface area contributed by atoms with Gasteiger partial charge in [-0.05, 0) is 31.9 Å². The van der Waals surface area contributed by atoms with Crippen molar-refractivity contribution in [3.8, 4) is 11.5 Å². The summed E-state index contributed by atoms with van der Waals surface area (Å²) in [5.74, 6) is 0.568. The Morgan fingerprint density at radius 2 is 2.04 bits per heavy atom. The van der Waals surface area contributed by atoms with Gasteiger partial charge in [-0.2, -0.15) is 0 Å². The molecule has 1 saturated heterocycles. The summed E-state index contributed by atoms with van der Waals surface area (Å²) in [6.45, 7) is 3.98. The van der Waals surface area contributed by atoms with E-state index in [1.165, 1.54) is 0 Å². The van der Waals surface area contributed by atoms with Crippen LogP contribution < -0.4 is 9.47 Å². The number of halogens is 1. The van der Waals surface area contributed by atoms with Gasteiger partial charge in [0.05, 0.1) is 24.7 Å². The summed E-state index contributed by atoms with van der Waals surface area (Å²) in [7, 11) is 3.17. The highest BCUT2D eigenvalue weighted by atomic mass is 35.5. The first-order valence-electron chi connectivity index (χ1n) is 7.82. The summed E-state index contributed by atoms with van der Waals surface area (Å²) in [5.41, 5.74) is 0.289. The summed E-state index contributed by atoms with van der Waals surface area (Å²) < 4.78 is 10.6. The van der Waals surface area contributed by atoms with E-state index in [2.05, 4.69) is 4.90 Å². The summed E-state index contributed by atoms with van der Waals surface area (Å²) in [5, 5.41) is 10.1. The van der Waals surface area contributed by atoms with E-state index in [1.54, 1.807) is 20.3 Å². The van der Waals surface area contributed by atoms with Crippen molar-refractivity contribution in [2.24, 2.45) is 5.41 Å². The van der Waals surface area contributed by atoms with Crippen molar-refractivity contribution >= 4 is 17.6 Å². The highest BCUT2D eigenvalue weighted by Gasteiger charge is 2.40. The Hall–Kier alpha value is -1.46. The quantitative estimate of drug-likeness (QED) is 0.859. The number of hydrogen-bond donors (Lipinski definition) is 1. The van der Waals surface area contributed by atoms with Crippen LogP contribution in [0.3, 0.4) is 0 Å². The number of carboxylic acids is 1. The van der Waals surface area contributed by atoms with Crippen molar-refractivity contribution in [2.75, 3.05) is 27.3 Å². The number of carbonyl (C=O) groups is 1. The van der Waals surface area contributed by atoms with E-state index in [1.807, 2.05) is 13.0 Å². The highest BCUT2D eigenvalue weighted by Crippen LogP contribution is 2.37. The molecule has 1 atom stereocenters. The smallest absolute Gasteiger partial charge is 0.310 e. The van der Waals surface area contributed by atoms with Crippen LogP contribution in [-0.4, -0.2) is 43.3 Å². The molecule has 1 aromatic carbocycles. The molecule has 2 rings (SSSR count). The van der Waals surface area contributed by atoms with Gasteiger partial charge in [0.25, 0.3) is 0 Å². The van der Waals surface area contributed by atoms with Crippen LogP contribution in [0.2, 0.25) is 5.02 Å². The molecule has 5 nitrogen and oxygen atoms in total. The molecule has 0 saturated carbocycles. The normalized spacial score (nSPS) is 21.9. The third-order valence-corrected chi connectivity index (χ3v) is 5.03. The molecule has 1 aromatic rings. The van der Waals surface area contributed by atoms with Gasteiger partial charge in [-0.25, -0.2) is 0 Å². The number of carboxylic acid groups (broad SMARTS) is 1. The van der Waals surface area contributed by atoms with Crippen molar-refractivity contribution < 1.29 is 19.4 Å². The fourth-order valence-corrected chi connectivity index (χ4v) is 3.53. The second-order valence-corrected chi connectivity index (χ2v) is 6.46. The van der Waals surface area contributed by atoms with Crippen LogP contribution >= 0.6 is 11.6 Å². The second kappa shape index (κ2) is 7.41. The topological polar surface area (TPSA) is 59.0 Å². The molecule has 0 spiro atoms. The van der Waals surface area contributed by atoms with Gasteiger partial charge in [0.2, 0.25) is 0 Å². The molecule has 0 aliphatic carbocycles. The van der Waals surface area contributed by atoms with Crippen LogP contribution in [0.5, 0.6) is 11.5 Å². The minimum atomic E-state index is -0.704. The molecule has 0 aromatic heterocycles. The van der Waals surface area contributed by atoms with Gasteiger partial charge in [0.1, 0.15) is 11.5 Å². The van der Waals surface area contributed by atoms with E-state index < -0.39 is 11.4 Å². The number of benzene rings is 1. The molecule has 23 heavy (non-hydrogen) atoms. The monoisotopic (exact) mass is 341 g/mol. The van der Waals surface area contributed by atoms with Crippen LogP contribution in [-0.2, 0) is 11.3 Å². The number of hydrogen-bond acceptors (Lipinski definition) is 4. The van der Waals surface area contributed by atoms with Crippen LogP contribution in [0.4, 0.5) is 0 Å². The second-order valence-electron chi connectivity index (χ2n) is 6.05. The molecule has 1 aliphatic heterocycles. The molecule has 0 radical (unpaired) electrons. The molecule has 1 fully saturated rings. The molecule has 1 heterocycles. The molecule has 0 amide bonds. The molecular weight excluding hydrogens is 318 g/mol. The Labute approximate surface area is 142 Å². The van der Waals surface area contributed by atoms with Gasteiger partial charge in [-0.3, -0.25) is 9.69 Å². The number of rotatable bonds is 6. The molecule has 1 N–H and O–H groups in total. The fraction of sp³-hybridized carbons (Fsp3) is 0.588. The zero-order valence-corrected chi connectivity index (χ0v) is 14.7. The Balaban J connectivity index is 2.21. The lowest BCUT2D eigenvalue weighted by atomic mass is 9.77. The number of methoxy groups -OCH3 is 2. The van der Waals surface area contributed by atoms with Gasteiger partial charge >= 0.3 is 5.97 Å². The van der Waals surface area contributed by atoms with Crippen molar-refractivity contribution in [2.45, 2.75) is 32.7 Å². The Kier molecular flexibility index (Phi) is 5.76. The Morgan fingerprint density at radius 1 is 1.35 bits per heavy atom. The average Bonchev–Trinajstić information content (AvgIpc) is 2.55. The largest absolute Gasteiger partial charge is 0.496 e. The maximum atomic E-state index is 11.7. The lowest BCUT2D eigenvalue weighted by Crippen LogP contribution is -2.47. The standard InChI is InChI=1S/C17H24ClNO4/c1-4-17(16(20)21)6-5-7-19(11-17)10-12-8-13(18)15(23-3)9-14(12)22-2/h8-9H,4-7,10-11H2,1-3H3,(H,20,21)/t17-/m0/s1. The Bertz CT molecular complexity index is 578. The van der Waals surface area contributed by atoms with E-state index in [0.29, 0.717) is 36.0 Å². The van der Waals surface area contributed by atoms with E-state index in [0.717, 1.165) is 24.9 Å². The summed E-state index contributed by atoms with van der Waals surface area (Å²) in [6.07, 6.45) is 2.25. The van der Waals surface area contributed by atoms with Crippen molar-refractivity contribution in [3.05, 3.63) is 22.7 Å². The SMILES string of the molecule is CC[C@]1(C(=O)O)CCCN(Cc2cc(Cl)c(OC)cc2OC)C1. The van der Waals surface area contributed by atoms with Gasteiger partial charge in [-0.15, -0.1) is 0 Å². The van der Waals surface area contributed by atoms with Crippen molar-refractivity contribution in [3.63, 3.8) is 0 Å². The third-order valence-electron chi connectivity index (χ3n) is 4.74. The van der Waals surface area contributed by atoms with E-state index in [-0.39, 0.29) is 0 Å². The number of aliphatic carboxylic acids is 1. The van der Waals surface area contributed by atoms with Crippen LogP contribution in [0, 0.1) is 5.41 Å². The van der Waals surface area contributed by atoms with Gasteiger partial charge in [-0.1, -0.05) is 18.5 Å². The molecule has 1 aliphatic rings. The van der Waals surface area contributed by atoms with Gasteiger partial charge in [0.15, 0.2) is 0 Å². The third kappa shape index (κ3) is 3.72. The Morgan fingerprint density at radius 3 is 2.61 bits per heavy atom. The maximum absolute atomic E-state index is 11.7. The van der Waals surface area contributed by atoms with E-state index in [4.69, 9.17) is 21.1 Å². The first-order chi connectivity index (χ1) is 11.0. The number of nitrogens with zero attached hydrogens (tertiary/aromatic N) is 1. The minimum Gasteiger partial charge on any atom is -0.496 e. The average molecular weight is 342 g/mol. The predicted octanol–water partition coefficient (Wildman–Crippen LogP) is 3.43. The summed E-state index contributed by atoms with van der Waals surface area (Å²) >= 11 is 6.22. The first kappa shape index (κ1) is 17.9. The maximum Gasteiger partial charge on any atom is 0.310 e. The first-order valence-corrected chi connectivity index (χ1v) is 8.19. The molecular formula is C17H24ClNO4. The van der Waals surface area contributed by atoms with Gasteiger partial charge < -0.3 is 14.6 Å². The number of piperidine rings is 1. The summed E-state index contributed by atoms with van der Waals surface area (Å²) in [4.78, 5) is 13.8. The van der Waals surface area contributed by atoms with Gasteiger partial charge in [0, 0.05) is 24.7 Å². The molecule has 0 unspecified atom stereocenters. The van der Waals surface area contributed by atoms with Crippen molar-refractivity contribution in [1.29, 1.82) is 0 Å². The van der Waals surface area contributed by atoms with E-state index in [9.17, 15) is 9.90 Å². The van der Waals surface area contributed by atoms with Crippen LogP contribution in [0.25, 0.3) is 0 Å². The van der Waals surface area contributed by atoms with Crippen LogP contribution in [0.15, 0.2) is 12.1 Å². The molecule has 0 bridgehead atoms. The molecule has 128 valence electrons. The predicted molar refractivity (Wildman–Crippen MR) is 89.4 cm³/mol. The minimum absolute atomic E-state index is 0.528. The fourth-order valence-electron chi connectivity index (χ4n) is 3.26. The van der Waals surface area contributed by atoms with Crippen molar-refractivity contribution in [1.82, 2.24) is 4.90 Å². The lowest BCUT2D eigenvalue weighted by Gasteiger charge is -2.39. The number of ether oxygens (including phenoxy) is 2. The van der Waals surface area contributed by atoms with Crippen LogP contribution in [0.1, 0.15) is 31.7 Å². The summed E-state index contributed by atoms with van der Waals surface area (Å²) in [6, 6.07) is 3.61. The zero-order valence-electron chi connectivity index (χ0n) is 13.9. The number of likely N-dealkylation sites (tertiary alicyclic amines) is 1. The zero-order chi connectivity index (χ0) is 17.0. The highest BCUT2D eigenvalue weighted by molar-refractivity contribution is 6.32.